The van der Waals surface area contributed by atoms with Crippen LogP contribution in [0.3, 0.4) is 0 Å². The Hall–Kier alpha value is -2.42. The van der Waals surface area contributed by atoms with E-state index < -0.39 is 0 Å². The van der Waals surface area contributed by atoms with Gasteiger partial charge in [0.15, 0.2) is 0 Å². The van der Waals surface area contributed by atoms with Crippen molar-refractivity contribution < 1.29 is 9.11 Å². The molecule has 0 saturated carbocycles. The molecule has 1 aromatic heterocycles. The minimum atomic E-state index is 0.822. The molecule has 18 heavy (non-hydrogen) atoms. The predicted molar refractivity (Wildman–Crippen MR) is 68.4 cm³/mol. The Kier molecular flexibility index (Phi) is 1.88. The first-order valence-corrected chi connectivity index (χ1v) is 5.94. The van der Waals surface area contributed by atoms with Gasteiger partial charge in [-0.25, -0.2) is 0 Å². The molecular weight excluding hydrogens is 224 g/mol. The Morgan fingerprint density at radius 2 is 2.00 bits per heavy atom. The summed E-state index contributed by atoms with van der Waals surface area (Å²) in [7, 11) is 0. The zero-order valence-corrected chi connectivity index (χ0v) is 9.71. The number of hydrogen-bond acceptors (Lipinski definition) is 2. The summed E-state index contributed by atoms with van der Waals surface area (Å²) in [5, 5.41) is 5.73. The molecule has 1 aliphatic rings. The van der Waals surface area contributed by atoms with E-state index in [2.05, 4.69) is 23.3 Å². The number of nitrogens with zero attached hydrogens (tertiary/aromatic N) is 2. The van der Waals surface area contributed by atoms with E-state index in [-0.39, 0.29) is 0 Å². The van der Waals surface area contributed by atoms with Crippen molar-refractivity contribution in [1.29, 1.82) is 0 Å². The third-order valence-corrected chi connectivity index (χ3v) is 3.28. The van der Waals surface area contributed by atoms with Gasteiger partial charge in [-0.2, -0.15) is 0 Å². The summed E-state index contributed by atoms with van der Waals surface area (Å²) in [6, 6.07) is 16.4. The second-order valence-corrected chi connectivity index (χ2v) is 4.43. The number of fused-ring (bicyclic) bond motifs is 2. The summed E-state index contributed by atoms with van der Waals surface area (Å²) in [5.41, 5.74) is 4.28. The van der Waals surface area contributed by atoms with E-state index in [4.69, 9.17) is 4.42 Å². The highest BCUT2D eigenvalue weighted by atomic mass is 16.3. The van der Waals surface area contributed by atoms with E-state index in [1.54, 1.807) is 6.26 Å². The van der Waals surface area contributed by atoms with Gasteiger partial charge in [0.1, 0.15) is 11.3 Å². The van der Waals surface area contributed by atoms with Gasteiger partial charge in [-0.3, -0.25) is 0 Å². The molecular formula is C15H11N2O+. The van der Waals surface area contributed by atoms with Crippen molar-refractivity contribution in [2.75, 3.05) is 0 Å². The Morgan fingerprint density at radius 3 is 2.94 bits per heavy atom. The van der Waals surface area contributed by atoms with E-state index in [1.807, 2.05) is 35.0 Å². The average molecular weight is 235 g/mol. The first kappa shape index (κ1) is 9.59. The van der Waals surface area contributed by atoms with Crippen molar-refractivity contribution in [3.63, 3.8) is 0 Å². The maximum atomic E-state index is 5.43. The third kappa shape index (κ3) is 1.37. The van der Waals surface area contributed by atoms with E-state index in [9.17, 15) is 0 Å². The summed E-state index contributed by atoms with van der Waals surface area (Å²) in [6.07, 6.45) is 1.71. The highest BCUT2D eigenvalue weighted by Crippen LogP contribution is 2.31. The first-order chi connectivity index (χ1) is 8.90. The monoisotopic (exact) mass is 235 g/mol. The van der Waals surface area contributed by atoms with Crippen LogP contribution in [0.2, 0.25) is 0 Å². The highest BCUT2D eigenvalue weighted by Gasteiger charge is 2.23. The van der Waals surface area contributed by atoms with E-state index >= 15 is 0 Å². The Bertz CT molecular complexity index is 771. The van der Waals surface area contributed by atoms with Crippen molar-refractivity contribution in [3.05, 3.63) is 60.4 Å². The molecule has 0 atom stereocenters. The number of furan rings is 1. The lowest BCUT2D eigenvalue weighted by atomic mass is 10.2. The minimum Gasteiger partial charge on any atom is -0.464 e. The van der Waals surface area contributed by atoms with Crippen LogP contribution in [0.5, 0.6) is 0 Å². The predicted octanol–water partition coefficient (Wildman–Crippen LogP) is 4.37. The fraction of sp³-hybridized carbons (Fsp3) is 0.0667. The van der Waals surface area contributed by atoms with Crippen LogP contribution in [-0.2, 0) is 6.54 Å². The van der Waals surface area contributed by atoms with Crippen molar-refractivity contribution in [3.8, 4) is 0 Å². The topological polar surface area (TPSA) is 28.5 Å². The molecule has 0 fully saturated rings. The lowest BCUT2D eigenvalue weighted by molar-refractivity contribution is -0.517. The summed E-state index contributed by atoms with van der Waals surface area (Å²) >= 11 is 0. The van der Waals surface area contributed by atoms with Crippen LogP contribution < -0.4 is 0 Å². The van der Waals surface area contributed by atoms with Gasteiger partial charge in [0.05, 0.1) is 17.9 Å². The molecule has 3 heteroatoms. The van der Waals surface area contributed by atoms with Crippen LogP contribution in [0.1, 0.15) is 5.56 Å². The number of hydrogen-bond donors (Lipinski definition) is 0. The van der Waals surface area contributed by atoms with Gasteiger partial charge in [-0.05, 0) is 18.2 Å². The largest absolute Gasteiger partial charge is 0.464 e. The first-order valence-electron chi connectivity index (χ1n) is 5.94. The van der Waals surface area contributed by atoms with Gasteiger partial charge < -0.3 is 4.42 Å². The van der Waals surface area contributed by atoms with Gasteiger partial charge in [0.25, 0.3) is 0 Å². The maximum Gasteiger partial charge on any atom is 0.236 e. The van der Waals surface area contributed by atoms with Gasteiger partial charge >= 0.3 is 0 Å². The fourth-order valence-electron chi connectivity index (χ4n) is 2.32. The van der Waals surface area contributed by atoms with Crippen LogP contribution >= 0.6 is 0 Å². The normalized spacial score (nSPS) is 13.7. The Balaban J connectivity index is 1.81. The van der Waals surface area contributed by atoms with Gasteiger partial charge in [-0.1, -0.05) is 22.9 Å². The molecule has 3 nitrogen and oxygen atoms in total. The molecule has 0 saturated heterocycles. The molecule has 2 aromatic carbocycles. The van der Waals surface area contributed by atoms with Crippen LogP contribution in [0.15, 0.2) is 64.3 Å². The molecule has 86 valence electrons. The van der Waals surface area contributed by atoms with Crippen LogP contribution in [0, 0.1) is 0 Å². The molecule has 0 bridgehead atoms. The second kappa shape index (κ2) is 3.53. The lowest BCUT2D eigenvalue weighted by Gasteiger charge is -1.93. The van der Waals surface area contributed by atoms with Crippen molar-refractivity contribution in [2.45, 2.75) is 6.54 Å². The Morgan fingerprint density at radius 1 is 1.06 bits per heavy atom. The zero-order chi connectivity index (χ0) is 11.9. The van der Waals surface area contributed by atoms with Crippen molar-refractivity contribution in [2.24, 2.45) is 5.11 Å². The maximum absolute atomic E-state index is 5.43. The molecule has 0 unspecified atom stereocenters. The van der Waals surface area contributed by atoms with Crippen molar-refractivity contribution >= 4 is 22.3 Å². The smallest absolute Gasteiger partial charge is 0.236 e. The number of rotatable bonds is 1. The molecule has 0 spiro atoms. The minimum absolute atomic E-state index is 0.822. The van der Waals surface area contributed by atoms with Gasteiger partial charge in [0.2, 0.25) is 12.2 Å². The lowest BCUT2D eigenvalue weighted by Crippen LogP contribution is -1.96. The van der Waals surface area contributed by atoms with E-state index in [0.717, 1.165) is 28.9 Å². The molecule has 0 radical (unpaired) electrons. The fourth-order valence-corrected chi connectivity index (χ4v) is 2.32. The summed E-state index contributed by atoms with van der Waals surface area (Å²) in [6.45, 7) is 0.822. The Labute approximate surface area is 104 Å². The summed E-state index contributed by atoms with van der Waals surface area (Å²) in [5.74, 6) is 0. The highest BCUT2D eigenvalue weighted by molar-refractivity contribution is 5.79. The molecule has 3 aromatic rings. The zero-order valence-electron chi connectivity index (χ0n) is 9.71. The van der Waals surface area contributed by atoms with Crippen LogP contribution in [-0.4, -0.2) is 4.70 Å². The quantitative estimate of drug-likeness (QED) is 0.575. The number of benzene rings is 2. The van der Waals surface area contributed by atoms with E-state index in [0.29, 0.717) is 0 Å². The molecule has 0 aliphatic carbocycles. The number of azo groups is 2. The van der Waals surface area contributed by atoms with E-state index in [1.165, 1.54) is 5.56 Å². The van der Waals surface area contributed by atoms with Gasteiger partial charge in [-0.15, -0.1) is 0 Å². The van der Waals surface area contributed by atoms with Crippen molar-refractivity contribution in [1.82, 2.24) is 0 Å². The molecule has 2 heterocycles. The SMILES string of the molecule is c1ccc2c(c1)C[N+](c1ccc3ccoc3c1)=N2. The molecule has 0 amide bonds. The summed E-state index contributed by atoms with van der Waals surface area (Å²) in [4.78, 5) is 0. The third-order valence-electron chi connectivity index (χ3n) is 3.28. The van der Waals surface area contributed by atoms with Crippen LogP contribution in [0.4, 0.5) is 11.4 Å². The average Bonchev–Trinajstić information content (AvgIpc) is 3.04. The van der Waals surface area contributed by atoms with Crippen LogP contribution in [0.25, 0.3) is 11.0 Å². The standard InChI is InChI=1S/C15H11N2O/c1-2-4-14-12(3-1)10-17(16-14)13-6-5-11-7-8-18-15(11)9-13/h1-9H,10H2/q+1. The van der Waals surface area contributed by atoms with Gasteiger partial charge in [0, 0.05) is 16.6 Å². The second-order valence-electron chi connectivity index (χ2n) is 4.43. The molecule has 4 rings (SSSR count). The molecule has 1 aliphatic heterocycles. The summed E-state index contributed by atoms with van der Waals surface area (Å²) < 4.78 is 7.43. The molecule has 0 N–H and O–H groups in total.